The minimum atomic E-state index is -0.860. The maximum atomic E-state index is 10.8. The SMILES string of the molecule is O=C(O)c1cc(SCC2Cc3ccccc3O2)cs1. The van der Waals surface area contributed by atoms with E-state index in [0.29, 0.717) is 4.88 Å². The second kappa shape index (κ2) is 5.27. The Morgan fingerprint density at radius 1 is 1.47 bits per heavy atom. The third-order valence-corrected chi connectivity index (χ3v) is 5.11. The van der Waals surface area contributed by atoms with Gasteiger partial charge in [-0.3, -0.25) is 0 Å². The number of carbonyl (C=O) groups is 1. The highest BCUT2D eigenvalue weighted by Gasteiger charge is 2.22. The lowest BCUT2D eigenvalue weighted by Crippen LogP contribution is -2.15. The fraction of sp³-hybridized carbons (Fsp3) is 0.214. The molecule has 3 nitrogen and oxygen atoms in total. The van der Waals surface area contributed by atoms with Crippen LogP contribution >= 0.6 is 23.1 Å². The number of rotatable bonds is 4. The zero-order valence-corrected chi connectivity index (χ0v) is 11.7. The van der Waals surface area contributed by atoms with Crippen LogP contribution in [0.5, 0.6) is 5.75 Å². The molecule has 0 fully saturated rings. The van der Waals surface area contributed by atoms with Gasteiger partial charge in [-0.05, 0) is 17.7 Å². The zero-order chi connectivity index (χ0) is 13.2. The van der Waals surface area contributed by atoms with Gasteiger partial charge in [-0.25, -0.2) is 4.79 Å². The van der Waals surface area contributed by atoms with Crippen LogP contribution in [0.3, 0.4) is 0 Å². The van der Waals surface area contributed by atoms with Gasteiger partial charge in [0.05, 0.1) is 0 Å². The summed E-state index contributed by atoms with van der Waals surface area (Å²) in [6, 6.07) is 9.81. The Kier molecular flexibility index (Phi) is 3.48. The van der Waals surface area contributed by atoms with Gasteiger partial charge in [-0.15, -0.1) is 23.1 Å². The van der Waals surface area contributed by atoms with Gasteiger partial charge >= 0.3 is 5.97 Å². The Bertz CT molecular complexity index is 581. The Hall–Kier alpha value is -1.46. The second-order valence-corrected chi connectivity index (χ2v) is 6.32. The molecule has 98 valence electrons. The van der Waals surface area contributed by atoms with Gasteiger partial charge in [-0.2, -0.15) is 0 Å². The molecular formula is C14H12O3S2. The van der Waals surface area contributed by atoms with Crippen molar-refractivity contribution in [1.82, 2.24) is 0 Å². The summed E-state index contributed by atoms with van der Waals surface area (Å²) in [5.41, 5.74) is 1.25. The molecule has 1 atom stereocenters. The van der Waals surface area contributed by atoms with Crippen molar-refractivity contribution in [3.8, 4) is 5.75 Å². The molecule has 0 saturated heterocycles. The molecule has 2 heterocycles. The number of fused-ring (bicyclic) bond motifs is 1. The maximum absolute atomic E-state index is 10.8. The lowest BCUT2D eigenvalue weighted by molar-refractivity contribution is 0.0702. The van der Waals surface area contributed by atoms with Crippen LogP contribution in [0.15, 0.2) is 40.6 Å². The summed E-state index contributed by atoms with van der Waals surface area (Å²) in [6.45, 7) is 0. The quantitative estimate of drug-likeness (QED) is 0.876. The van der Waals surface area contributed by atoms with Crippen molar-refractivity contribution in [3.63, 3.8) is 0 Å². The summed E-state index contributed by atoms with van der Waals surface area (Å²) in [7, 11) is 0. The van der Waals surface area contributed by atoms with Crippen LogP contribution in [-0.2, 0) is 6.42 Å². The van der Waals surface area contributed by atoms with Gasteiger partial charge in [0.25, 0.3) is 0 Å². The van der Waals surface area contributed by atoms with Gasteiger partial charge in [0, 0.05) is 22.4 Å². The highest BCUT2D eigenvalue weighted by molar-refractivity contribution is 7.99. The zero-order valence-electron chi connectivity index (χ0n) is 10.0. The van der Waals surface area contributed by atoms with Crippen LogP contribution in [-0.4, -0.2) is 22.9 Å². The van der Waals surface area contributed by atoms with Gasteiger partial charge in [0.1, 0.15) is 16.7 Å². The van der Waals surface area contributed by atoms with E-state index in [4.69, 9.17) is 9.84 Å². The number of ether oxygens (including phenoxy) is 1. The molecule has 19 heavy (non-hydrogen) atoms. The molecule has 0 spiro atoms. The normalized spacial score (nSPS) is 16.9. The molecule has 0 saturated carbocycles. The first-order chi connectivity index (χ1) is 9.22. The van der Waals surface area contributed by atoms with E-state index in [2.05, 4.69) is 6.07 Å². The van der Waals surface area contributed by atoms with E-state index >= 15 is 0 Å². The molecule has 1 aliphatic rings. The summed E-state index contributed by atoms with van der Waals surface area (Å²) in [5, 5.41) is 10.8. The summed E-state index contributed by atoms with van der Waals surface area (Å²) < 4.78 is 5.85. The third-order valence-electron chi connectivity index (χ3n) is 2.94. The van der Waals surface area contributed by atoms with Crippen molar-refractivity contribution < 1.29 is 14.6 Å². The van der Waals surface area contributed by atoms with Crippen molar-refractivity contribution in [1.29, 1.82) is 0 Å². The molecule has 2 aromatic rings. The number of hydrogen-bond acceptors (Lipinski definition) is 4. The number of para-hydroxylation sites is 1. The molecular weight excluding hydrogens is 280 g/mol. The molecule has 0 aliphatic carbocycles. The molecule has 1 aromatic carbocycles. The van der Waals surface area contributed by atoms with Crippen LogP contribution in [0.2, 0.25) is 0 Å². The molecule has 0 bridgehead atoms. The van der Waals surface area contributed by atoms with Crippen molar-refractivity contribution in [2.45, 2.75) is 17.4 Å². The summed E-state index contributed by atoms with van der Waals surface area (Å²) in [4.78, 5) is 12.2. The first-order valence-corrected chi connectivity index (χ1v) is 7.78. The fourth-order valence-electron chi connectivity index (χ4n) is 2.04. The largest absolute Gasteiger partial charge is 0.489 e. The number of aromatic carboxylic acids is 1. The van der Waals surface area contributed by atoms with Gasteiger partial charge < -0.3 is 9.84 Å². The van der Waals surface area contributed by atoms with E-state index in [0.717, 1.165) is 22.8 Å². The minimum absolute atomic E-state index is 0.176. The molecule has 1 aliphatic heterocycles. The number of hydrogen-bond donors (Lipinski definition) is 1. The highest BCUT2D eigenvalue weighted by atomic mass is 32.2. The van der Waals surface area contributed by atoms with Crippen LogP contribution in [0.1, 0.15) is 15.2 Å². The number of thioether (sulfide) groups is 1. The number of benzene rings is 1. The number of carboxylic acid groups (broad SMARTS) is 1. The van der Waals surface area contributed by atoms with Crippen molar-refractivity contribution in [3.05, 3.63) is 46.2 Å². The molecule has 3 rings (SSSR count). The van der Waals surface area contributed by atoms with Crippen LogP contribution in [0.4, 0.5) is 0 Å². The minimum Gasteiger partial charge on any atom is -0.489 e. The van der Waals surface area contributed by atoms with Gasteiger partial charge in [0.15, 0.2) is 0 Å². The summed E-state index contributed by atoms with van der Waals surface area (Å²) in [6.07, 6.45) is 1.11. The first kappa shape index (κ1) is 12.6. The standard InChI is InChI=1S/C14H12O3S2/c15-14(16)13-6-11(8-19-13)18-7-10-5-9-3-1-2-4-12(9)17-10/h1-4,6,8,10H,5,7H2,(H,15,16). The van der Waals surface area contributed by atoms with Crippen LogP contribution < -0.4 is 4.74 Å². The van der Waals surface area contributed by atoms with Crippen LogP contribution in [0.25, 0.3) is 0 Å². The summed E-state index contributed by atoms with van der Waals surface area (Å²) in [5.74, 6) is 0.954. The van der Waals surface area contributed by atoms with Gasteiger partial charge in [-0.1, -0.05) is 18.2 Å². The van der Waals surface area contributed by atoms with E-state index in [1.807, 2.05) is 23.6 Å². The third kappa shape index (κ3) is 2.77. The monoisotopic (exact) mass is 292 g/mol. The van der Waals surface area contributed by atoms with Crippen molar-refractivity contribution in [2.75, 3.05) is 5.75 Å². The molecule has 1 unspecified atom stereocenters. The maximum Gasteiger partial charge on any atom is 0.345 e. The second-order valence-electron chi connectivity index (χ2n) is 4.31. The number of thiophene rings is 1. The predicted molar refractivity (Wildman–Crippen MR) is 76.6 cm³/mol. The van der Waals surface area contributed by atoms with E-state index < -0.39 is 5.97 Å². The Labute approximate surface area is 119 Å². The summed E-state index contributed by atoms with van der Waals surface area (Å²) >= 11 is 2.91. The Morgan fingerprint density at radius 3 is 3.05 bits per heavy atom. The lowest BCUT2D eigenvalue weighted by Gasteiger charge is -2.08. The highest BCUT2D eigenvalue weighted by Crippen LogP contribution is 2.32. The van der Waals surface area contributed by atoms with E-state index in [9.17, 15) is 4.79 Å². The predicted octanol–water partition coefficient (Wildman–Crippen LogP) is 3.54. The molecule has 5 heteroatoms. The topological polar surface area (TPSA) is 46.5 Å². The molecule has 1 aromatic heterocycles. The first-order valence-electron chi connectivity index (χ1n) is 5.91. The van der Waals surface area contributed by atoms with Crippen molar-refractivity contribution >= 4 is 29.1 Å². The Balaban J connectivity index is 1.58. The average Bonchev–Trinajstić information content (AvgIpc) is 3.02. The molecule has 1 N–H and O–H groups in total. The van der Waals surface area contributed by atoms with E-state index in [1.165, 1.54) is 16.9 Å². The smallest absolute Gasteiger partial charge is 0.345 e. The Morgan fingerprint density at radius 2 is 2.32 bits per heavy atom. The average molecular weight is 292 g/mol. The fourth-order valence-corrected chi connectivity index (χ4v) is 3.91. The van der Waals surface area contributed by atoms with Crippen LogP contribution in [0, 0.1) is 0 Å². The van der Waals surface area contributed by atoms with Gasteiger partial charge in [0.2, 0.25) is 0 Å². The number of carboxylic acids is 1. The lowest BCUT2D eigenvalue weighted by atomic mass is 10.1. The van der Waals surface area contributed by atoms with E-state index in [-0.39, 0.29) is 6.10 Å². The van der Waals surface area contributed by atoms with Crippen molar-refractivity contribution in [2.24, 2.45) is 0 Å². The van der Waals surface area contributed by atoms with E-state index in [1.54, 1.807) is 17.8 Å². The molecule has 0 amide bonds. The molecule has 0 radical (unpaired) electrons.